The largest absolute Gasteiger partial charge is 0.481 e. The predicted octanol–water partition coefficient (Wildman–Crippen LogP) is 1.88. The van der Waals surface area contributed by atoms with Crippen molar-refractivity contribution in [1.82, 2.24) is 14.8 Å². The maximum Gasteiger partial charge on any atom is 0.306 e. The van der Waals surface area contributed by atoms with E-state index in [0.717, 1.165) is 25.1 Å². The van der Waals surface area contributed by atoms with Crippen molar-refractivity contribution in [2.45, 2.75) is 39.5 Å². The van der Waals surface area contributed by atoms with E-state index in [1.165, 1.54) is 6.33 Å². The number of carbonyl (C=O) groups is 1. The van der Waals surface area contributed by atoms with Crippen molar-refractivity contribution in [2.24, 2.45) is 24.3 Å². The summed E-state index contributed by atoms with van der Waals surface area (Å²) in [6.07, 6.45) is 4.93. The van der Waals surface area contributed by atoms with Gasteiger partial charge in [0.2, 0.25) is 0 Å². The third-order valence-corrected chi connectivity index (χ3v) is 4.08. The topological polar surface area (TPSA) is 68.0 Å². The molecule has 18 heavy (non-hydrogen) atoms. The summed E-state index contributed by atoms with van der Waals surface area (Å²) >= 11 is 0. The average molecular weight is 251 g/mol. The lowest BCUT2D eigenvalue weighted by Crippen LogP contribution is -2.35. The zero-order valence-electron chi connectivity index (χ0n) is 11.3. The quantitative estimate of drug-likeness (QED) is 0.890. The first kappa shape index (κ1) is 13.1. The molecule has 2 atom stereocenters. The van der Waals surface area contributed by atoms with Gasteiger partial charge >= 0.3 is 5.97 Å². The van der Waals surface area contributed by atoms with Crippen LogP contribution in [0.2, 0.25) is 0 Å². The van der Waals surface area contributed by atoms with Crippen LogP contribution >= 0.6 is 0 Å². The van der Waals surface area contributed by atoms with Gasteiger partial charge in [-0.2, -0.15) is 5.10 Å². The molecule has 1 aromatic rings. The fraction of sp³-hybridized carbons (Fsp3) is 0.769. The first-order chi connectivity index (χ1) is 8.39. The average Bonchev–Trinajstić information content (AvgIpc) is 2.62. The first-order valence-electron chi connectivity index (χ1n) is 6.45. The van der Waals surface area contributed by atoms with Gasteiger partial charge in [0.15, 0.2) is 0 Å². The number of aromatic nitrogens is 3. The van der Waals surface area contributed by atoms with Crippen molar-refractivity contribution >= 4 is 5.97 Å². The van der Waals surface area contributed by atoms with Gasteiger partial charge in [0, 0.05) is 13.5 Å². The van der Waals surface area contributed by atoms with Gasteiger partial charge < -0.3 is 5.11 Å². The van der Waals surface area contributed by atoms with Crippen molar-refractivity contribution in [3.63, 3.8) is 0 Å². The normalized spacial score (nSPS) is 27.1. The van der Waals surface area contributed by atoms with Gasteiger partial charge in [-0.1, -0.05) is 13.8 Å². The molecule has 0 bridgehead atoms. The molecule has 1 N–H and O–H groups in total. The number of carboxylic acids is 1. The molecular formula is C13H21N3O2. The van der Waals surface area contributed by atoms with Crippen LogP contribution in [0.4, 0.5) is 0 Å². The van der Waals surface area contributed by atoms with E-state index in [1.807, 2.05) is 7.05 Å². The van der Waals surface area contributed by atoms with Crippen LogP contribution < -0.4 is 0 Å². The van der Waals surface area contributed by atoms with Gasteiger partial charge in [0.25, 0.3) is 0 Å². The molecule has 0 amide bonds. The third kappa shape index (κ3) is 2.71. The number of hydrogen-bond donors (Lipinski definition) is 1. The summed E-state index contributed by atoms with van der Waals surface area (Å²) in [6, 6.07) is 0. The van der Waals surface area contributed by atoms with Gasteiger partial charge in [-0.05, 0) is 30.6 Å². The molecule has 1 aromatic heterocycles. The molecule has 0 radical (unpaired) electrons. The zero-order chi connectivity index (χ0) is 13.3. The molecule has 0 aromatic carbocycles. The highest BCUT2D eigenvalue weighted by molar-refractivity contribution is 5.70. The van der Waals surface area contributed by atoms with E-state index < -0.39 is 5.97 Å². The standard InChI is InChI=1S/C13H21N3O2/c1-13(2)5-4-10(12(17)18)9(7-13)6-11-14-8-15-16(11)3/h8-10H,4-7H2,1-3H3,(H,17,18). The number of nitrogens with zero attached hydrogens (tertiary/aromatic N) is 3. The smallest absolute Gasteiger partial charge is 0.306 e. The Morgan fingerprint density at radius 3 is 2.89 bits per heavy atom. The minimum atomic E-state index is -0.669. The molecule has 1 saturated carbocycles. The maximum atomic E-state index is 11.3. The van der Waals surface area contributed by atoms with Crippen LogP contribution in [0, 0.1) is 17.3 Å². The van der Waals surface area contributed by atoms with E-state index in [-0.39, 0.29) is 17.3 Å². The lowest BCUT2D eigenvalue weighted by molar-refractivity contribution is -0.146. The Bertz CT molecular complexity index is 439. The molecule has 0 saturated heterocycles. The molecule has 1 heterocycles. The van der Waals surface area contributed by atoms with E-state index in [1.54, 1.807) is 4.68 Å². The van der Waals surface area contributed by atoms with Crippen LogP contribution in [0.25, 0.3) is 0 Å². The van der Waals surface area contributed by atoms with Crippen LogP contribution in [0.15, 0.2) is 6.33 Å². The van der Waals surface area contributed by atoms with E-state index in [4.69, 9.17) is 0 Å². The first-order valence-corrected chi connectivity index (χ1v) is 6.45. The van der Waals surface area contributed by atoms with Gasteiger partial charge in [-0.25, -0.2) is 4.98 Å². The second-order valence-corrected chi connectivity index (χ2v) is 6.12. The van der Waals surface area contributed by atoms with E-state index >= 15 is 0 Å². The van der Waals surface area contributed by atoms with Crippen LogP contribution in [0.5, 0.6) is 0 Å². The van der Waals surface area contributed by atoms with E-state index in [0.29, 0.717) is 6.42 Å². The Morgan fingerprint density at radius 2 is 2.33 bits per heavy atom. The summed E-state index contributed by atoms with van der Waals surface area (Å²) in [5, 5.41) is 13.4. The molecule has 2 rings (SSSR count). The Balaban J connectivity index is 2.15. The molecule has 0 aliphatic heterocycles. The number of aryl methyl sites for hydroxylation is 1. The van der Waals surface area contributed by atoms with Gasteiger partial charge in [0.1, 0.15) is 12.2 Å². The molecule has 5 heteroatoms. The summed E-state index contributed by atoms with van der Waals surface area (Å²) in [7, 11) is 1.85. The third-order valence-electron chi connectivity index (χ3n) is 4.08. The molecule has 5 nitrogen and oxygen atoms in total. The second kappa shape index (κ2) is 4.71. The molecule has 1 aliphatic rings. The fourth-order valence-electron chi connectivity index (χ4n) is 3.02. The number of rotatable bonds is 3. The minimum absolute atomic E-state index is 0.161. The SMILES string of the molecule is Cn1ncnc1CC1CC(C)(C)CCC1C(=O)O. The van der Waals surface area contributed by atoms with Gasteiger partial charge in [0.05, 0.1) is 5.92 Å². The Hall–Kier alpha value is -1.39. The molecule has 100 valence electrons. The summed E-state index contributed by atoms with van der Waals surface area (Å²) in [4.78, 5) is 15.6. The Labute approximate surface area is 107 Å². The van der Waals surface area contributed by atoms with Crippen molar-refractivity contribution in [3.05, 3.63) is 12.2 Å². The molecule has 1 fully saturated rings. The Kier molecular flexibility index (Phi) is 3.41. The van der Waals surface area contributed by atoms with Crippen LogP contribution in [0.3, 0.4) is 0 Å². The second-order valence-electron chi connectivity index (χ2n) is 6.12. The predicted molar refractivity (Wildman–Crippen MR) is 67.0 cm³/mol. The summed E-state index contributed by atoms with van der Waals surface area (Å²) in [6.45, 7) is 4.43. The zero-order valence-corrected chi connectivity index (χ0v) is 11.3. The Morgan fingerprint density at radius 1 is 1.61 bits per heavy atom. The summed E-state index contributed by atoms with van der Waals surface area (Å²) in [5.41, 5.74) is 0.231. The fourth-order valence-corrected chi connectivity index (χ4v) is 3.02. The highest BCUT2D eigenvalue weighted by atomic mass is 16.4. The monoisotopic (exact) mass is 251 g/mol. The molecular weight excluding hydrogens is 230 g/mol. The van der Waals surface area contributed by atoms with Gasteiger partial charge in [-0.3, -0.25) is 9.48 Å². The molecule has 0 spiro atoms. The van der Waals surface area contributed by atoms with Crippen molar-refractivity contribution in [3.8, 4) is 0 Å². The number of aliphatic carboxylic acids is 1. The summed E-state index contributed by atoms with van der Waals surface area (Å²) < 4.78 is 1.74. The highest BCUT2D eigenvalue weighted by Crippen LogP contribution is 2.43. The number of carboxylic acid groups (broad SMARTS) is 1. The van der Waals surface area contributed by atoms with Crippen molar-refractivity contribution < 1.29 is 9.90 Å². The lowest BCUT2D eigenvalue weighted by atomic mass is 9.66. The minimum Gasteiger partial charge on any atom is -0.481 e. The van der Waals surface area contributed by atoms with E-state index in [2.05, 4.69) is 23.9 Å². The highest BCUT2D eigenvalue weighted by Gasteiger charge is 2.38. The summed E-state index contributed by atoms with van der Waals surface area (Å²) in [5.74, 6) is 0.130. The lowest BCUT2D eigenvalue weighted by Gasteiger charge is -2.38. The van der Waals surface area contributed by atoms with Crippen LogP contribution in [0.1, 0.15) is 38.9 Å². The number of hydrogen-bond acceptors (Lipinski definition) is 3. The maximum absolute atomic E-state index is 11.3. The van der Waals surface area contributed by atoms with Gasteiger partial charge in [-0.15, -0.1) is 0 Å². The van der Waals surface area contributed by atoms with Crippen LogP contribution in [-0.2, 0) is 18.3 Å². The van der Waals surface area contributed by atoms with Crippen LogP contribution in [-0.4, -0.2) is 25.8 Å². The van der Waals surface area contributed by atoms with Crippen molar-refractivity contribution in [2.75, 3.05) is 0 Å². The molecule has 1 aliphatic carbocycles. The van der Waals surface area contributed by atoms with E-state index in [9.17, 15) is 9.90 Å². The molecule has 2 unspecified atom stereocenters. The van der Waals surface area contributed by atoms with Crippen molar-refractivity contribution in [1.29, 1.82) is 0 Å².